The second kappa shape index (κ2) is 16.3. The highest BCUT2D eigenvalue weighted by Crippen LogP contribution is 2.67. The molecule has 3 fully saturated rings. The Morgan fingerprint density at radius 1 is 0.900 bits per heavy atom. The summed E-state index contributed by atoms with van der Waals surface area (Å²) in [6.45, 7) is 16.9. The zero-order valence-corrected chi connectivity index (χ0v) is 32.6. The smallest absolute Gasteiger partial charge is 0.338 e. The van der Waals surface area contributed by atoms with Crippen LogP contribution in [0.4, 0.5) is 0 Å². The Labute approximate surface area is 304 Å². The van der Waals surface area contributed by atoms with E-state index in [9.17, 15) is 9.59 Å². The van der Waals surface area contributed by atoms with Crippen LogP contribution < -0.4 is 0 Å². The highest BCUT2D eigenvalue weighted by Gasteiger charge is 2.59. The number of esters is 2. The Balaban J connectivity index is 1.00. The summed E-state index contributed by atoms with van der Waals surface area (Å²) in [5.41, 5.74) is 5.26. The first-order valence-corrected chi connectivity index (χ1v) is 20.9. The molecule has 4 aliphatic carbocycles. The van der Waals surface area contributed by atoms with Gasteiger partial charge >= 0.3 is 11.9 Å². The van der Waals surface area contributed by atoms with Crippen LogP contribution in [0.25, 0.3) is 0 Å². The summed E-state index contributed by atoms with van der Waals surface area (Å²) in [5.74, 6) is 4.65. The third-order valence-corrected chi connectivity index (χ3v) is 14.6. The molecule has 5 nitrogen and oxygen atoms in total. The predicted octanol–water partition coefficient (Wildman–Crippen LogP) is 11.1. The summed E-state index contributed by atoms with van der Waals surface area (Å²) in [5, 5.41) is 0. The van der Waals surface area contributed by atoms with Gasteiger partial charge in [0, 0.05) is 19.5 Å². The van der Waals surface area contributed by atoms with Crippen molar-refractivity contribution in [3.8, 4) is 0 Å². The fourth-order valence-electron chi connectivity index (χ4n) is 11.8. The largest absolute Gasteiger partial charge is 0.465 e. The molecule has 1 aliphatic heterocycles. The standard InChI is InChI=1S/C45H69NO4/c1-7-8-9-10-11-25-49-42(47)30-46-28-34-16-15-33(26-35(34)29-46)43(48)50-37-21-23-44(5)36(27-37)17-18-38-40-20-19-39(32(4)14-12-13-31(2)3)45(40,6)24-22-41(38)44/h15-17,26,31-32,37-41H,7-14,18-25,27-30H2,1-6H3/t32-,37+,38+,39-,40+,41+,44+,45-/m1/s1. The lowest BCUT2D eigenvalue weighted by molar-refractivity contribution is -0.145. The van der Waals surface area contributed by atoms with Crippen molar-refractivity contribution >= 4 is 11.9 Å². The fraction of sp³-hybridized carbons (Fsp3) is 0.778. The number of rotatable bonds is 15. The van der Waals surface area contributed by atoms with E-state index in [0.717, 1.165) is 73.2 Å². The second-order valence-corrected chi connectivity index (χ2v) is 18.3. The van der Waals surface area contributed by atoms with Crippen LogP contribution >= 0.6 is 0 Å². The van der Waals surface area contributed by atoms with Crippen molar-refractivity contribution in [2.75, 3.05) is 13.2 Å². The van der Waals surface area contributed by atoms with Gasteiger partial charge in [-0.1, -0.05) is 104 Å². The minimum atomic E-state index is -0.204. The highest BCUT2D eigenvalue weighted by molar-refractivity contribution is 5.90. The third kappa shape index (κ3) is 8.08. The van der Waals surface area contributed by atoms with Crippen molar-refractivity contribution in [3.05, 3.63) is 46.5 Å². The van der Waals surface area contributed by atoms with Gasteiger partial charge in [-0.25, -0.2) is 4.79 Å². The SMILES string of the molecule is CCCCCCCOC(=O)CN1Cc2ccc(C(=O)O[C@H]3CC[C@@]4(C)C(=CC[C@H]5[C@@H]6CC[C@H]([C@H](C)CCCC(C)C)[C@@]6(C)CC[C@@H]54)C3)cc2C1. The van der Waals surface area contributed by atoms with Gasteiger partial charge in [0.25, 0.3) is 0 Å². The molecule has 1 aromatic rings. The quantitative estimate of drug-likeness (QED) is 0.104. The number of ether oxygens (including phenoxy) is 2. The Hall–Kier alpha value is -2.14. The van der Waals surface area contributed by atoms with E-state index in [0.29, 0.717) is 37.2 Å². The van der Waals surface area contributed by atoms with Gasteiger partial charge in [0.2, 0.25) is 0 Å². The summed E-state index contributed by atoms with van der Waals surface area (Å²) in [7, 11) is 0. The van der Waals surface area contributed by atoms with Crippen molar-refractivity contribution < 1.29 is 19.1 Å². The van der Waals surface area contributed by atoms with Crippen molar-refractivity contribution in [2.45, 2.75) is 163 Å². The maximum absolute atomic E-state index is 13.5. The van der Waals surface area contributed by atoms with Gasteiger partial charge in [0.15, 0.2) is 0 Å². The van der Waals surface area contributed by atoms with E-state index in [1.165, 1.54) is 76.2 Å². The maximum atomic E-state index is 13.5. The molecule has 5 heteroatoms. The van der Waals surface area contributed by atoms with Crippen LogP contribution in [0.15, 0.2) is 29.8 Å². The summed E-state index contributed by atoms with van der Waals surface area (Å²) >= 11 is 0. The first-order valence-electron chi connectivity index (χ1n) is 20.9. The zero-order chi connectivity index (χ0) is 35.5. The van der Waals surface area contributed by atoms with Gasteiger partial charge in [0.05, 0.1) is 18.7 Å². The van der Waals surface area contributed by atoms with Gasteiger partial charge in [-0.3, -0.25) is 9.69 Å². The molecule has 5 aliphatic rings. The topological polar surface area (TPSA) is 55.8 Å². The van der Waals surface area contributed by atoms with E-state index in [1.807, 2.05) is 18.2 Å². The Bertz CT molecular complexity index is 1370. The van der Waals surface area contributed by atoms with Gasteiger partial charge in [-0.15, -0.1) is 0 Å². The molecule has 3 saturated carbocycles. The van der Waals surface area contributed by atoms with Crippen LogP contribution in [-0.4, -0.2) is 36.1 Å². The van der Waals surface area contributed by atoms with Gasteiger partial charge in [-0.05, 0) is 121 Å². The summed E-state index contributed by atoms with van der Waals surface area (Å²) in [4.78, 5) is 28.0. The van der Waals surface area contributed by atoms with Gasteiger partial charge < -0.3 is 9.47 Å². The third-order valence-electron chi connectivity index (χ3n) is 14.6. The number of hydrogen-bond acceptors (Lipinski definition) is 5. The van der Waals surface area contributed by atoms with Crippen LogP contribution in [0.1, 0.15) is 166 Å². The van der Waals surface area contributed by atoms with E-state index in [2.05, 4.69) is 52.5 Å². The lowest BCUT2D eigenvalue weighted by Gasteiger charge is -2.58. The van der Waals surface area contributed by atoms with E-state index >= 15 is 0 Å². The number of hydrogen-bond donors (Lipinski definition) is 0. The lowest BCUT2D eigenvalue weighted by Crippen LogP contribution is -2.51. The lowest BCUT2D eigenvalue weighted by atomic mass is 9.47. The molecule has 0 N–H and O–H groups in total. The summed E-state index contributed by atoms with van der Waals surface area (Å²) in [6.07, 6.45) is 22.3. The average Bonchev–Trinajstić information content (AvgIpc) is 3.65. The number of carbonyl (C=O) groups is 2. The molecule has 0 bridgehead atoms. The molecule has 0 saturated heterocycles. The first kappa shape index (κ1) is 37.6. The molecule has 0 aromatic heterocycles. The second-order valence-electron chi connectivity index (χ2n) is 18.3. The molecule has 1 aromatic carbocycles. The zero-order valence-electron chi connectivity index (χ0n) is 32.6. The molecule has 6 rings (SSSR count). The minimum absolute atomic E-state index is 0.0451. The Kier molecular flexibility index (Phi) is 12.2. The molecule has 50 heavy (non-hydrogen) atoms. The molecular formula is C45H69NO4. The van der Waals surface area contributed by atoms with Gasteiger partial charge in [0.1, 0.15) is 6.10 Å². The molecule has 0 spiro atoms. The number of benzene rings is 1. The van der Waals surface area contributed by atoms with Crippen LogP contribution in [0.5, 0.6) is 0 Å². The normalized spacial score (nSPS) is 32.5. The predicted molar refractivity (Wildman–Crippen MR) is 203 cm³/mol. The molecule has 8 atom stereocenters. The average molecular weight is 688 g/mol. The van der Waals surface area contributed by atoms with Crippen molar-refractivity contribution in [1.82, 2.24) is 4.90 Å². The summed E-state index contributed by atoms with van der Waals surface area (Å²) in [6, 6.07) is 5.95. The molecule has 1 heterocycles. The number of nitrogens with zero attached hydrogens (tertiary/aromatic N) is 1. The van der Waals surface area contributed by atoms with Crippen LogP contribution in [0, 0.1) is 46.3 Å². The van der Waals surface area contributed by atoms with Gasteiger partial charge in [-0.2, -0.15) is 0 Å². The molecular weight excluding hydrogens is 618 g/mol. The molecule has 0 amide bonds. The Morgan fingerprint density at radius 2 is 1.70 bits per heavy atom. The highest BCUT2D eigenvalue weighted by atomic mass is 16.5. The van der Waals surface area contributed by atoms with Crippen LogP contribution in [0.2, 0.25) is 0 Å². The van der Waals surface area contributed by atoms with Crippen molar-refractivity contribution in [1.29, 1.82) is 0 Å². The van der Waals surface area contributed by atoms with E-state index in [-0.39, 0.29) is 23.5 Å². The van der Waals surface area contributed by atoms with Crippen molar-refractivity contribution in [3.63, 3.8) is 0 Å². The van der Waals surface area contributed by atoms with Crippen LogP contribution in [-0.2, 0) is 27.4 Å². The van der Waals surface area contributed by atoms with Crippen molar-refractivity contribution in [2.24, 2.45) is 46.3 Å². The van der Waals surface area contributed by atoms with Crippen LogP contribution in [0.3, 0.4) is 0 Å². The van der Waals surface area contributed by atoms with E-state index < -0.39 is 0 Å². The van der Waals surface area contributed by atoms with E-state index in [4.69, 9.17) is 9.47 Å². The minimum Gasteiger partial charge on any atom is -0.465 e. The number of carbonyl (C=O) groups excluding carboxylic acids is 2. The number of fused-ring (bicyclic) bond motifs is 6. The molecule has 278 valence electrons. The maximum Gasteiger partial charge on any atom is 0.338 e. The number of allylic oxidation sites excluding steroid dienone is 1. The van der Waals surface area contributed by atoms with E-state index in [1.54, 1.807) is 5.57 Å². The first-order chi connectivity index (χ1) is 24.0. The molecule has 0 unspecified atom stereocenters. The Morgan fingerprint density at radius 3 is 2.50 bits per heavy atom. The molecule has 0 radical (unpaired) electrons. The fourth-order valence-corrected chi connectivity index (χ4v) is 11.8. The summed E-state index contributed by atoms with van der Waals surface area (Å²) < 4.78 is 11.7. The number of unbranched alkanes of at least 4 members (excludes halogenated alkanes) is 4. The monoisotopic (exact) mass is 688 g/mol.